The summed E-state index contributed by atoms with van der Waals surface area (Å²) in [6, 6.07) is 9.62. The van der Waals surface area contributed by atoms with E-state index in [2.05, 4.69) is 9.97 Å². The molecule has 0 atom stereocenters. The molecule has 3 aromatic rings. The zero-order valence-corrected chi connectivity index (χ0v) is 11.9. The molecule has 0 saturated carbocycles. The van der Waals surface area contributed by atoms with Crippen molar-refractivity contribution in [2.75, 3.05) is 6.61 Å². The van der Waals surface area contributed by atoms with Gasteiger partial charge < -0.3 is 4.74 Å². The summed E-state index contributed by atoms with van der Waals surface area (Å²) >= 11 is 0. The normalized spacial score (nSPS) is 10.8. The highest BCUT2D eigenvalue weighted by molar-refractivity contribution is 5.95. The second-order valence-electron chi connectivity index (χ2n) is 4.69. The van der Waals surface area contributed by atoms with Crippen LogP contribution in [0.3, 0.4) is 0 Å². The predicted molar refractivity (Wildman–Crippen MR) is 79.1 cm³/mol. The Morgan fingerprint density at radius 3 is 2.76 bits per heavy atom. The number of nitrogens with zero attached hydrogens (tertiary/aromatic N) is 3. The van der Waals surface area contributed by atoms with E-state index in [0.717, 1.165) is 11.1 Å². The molecule has 21 heavy (non-hydrogen) atoms. The molecule has 0 aliphatic rings. The fraction of sp³-hybridized carbons (Fsp3) is 0.188. The fourth-order valence-electron chi connectivity index (χ4n) is 2.19. The van der Waals surface area contributed by atoms with Crippen LogP contribution in [-0.2, 0) is 4.74 Å². The van der Waals surface area contributed by atoms with Gasteiger partial charge in [0, 0.05) is 18.0 Å². The van der Waals surface area contributed by atoms with Crippen molar-refractivity contribution in [3.8, 4) is 11.3 Å². The quantitative estimate of drug-likeness (QED) is 0.693. The topological polar surface area (TPSA) is 56.5 Å². The first-order valence-corrected chi connectivity index (χ1v) is 6.78. The van der Waals surface area contributed by atoms with Crippen molar-refractivity contribution >= 4 is 11.7 Å². The number of esters is 1. The Balaban J connectivity index is 2.23. The monoisotopic (exact) mass is 281 g/mol. The summed E-state index contributed by atoms with van der Waals surface area (Å²) < 4.78 is 6.81. The molecule has 0 spiro atoms. The summed E-state index contributed by atoms with van der Waals surface area (Å²) in [5.41, 5.74) is 3.02. The highest BCUT2D eigenvalue weighted by Crippen LogP contribution is 2.24. The molecule has 0 fully saturated rings. The van der Waals surface area contributed by atoms with Crippen LogP contribution in [0.5, 0.6) is 0 Å². The van der Waals surface area contributed by atoms with Crippen molar-refractivity contribution in [1.82, 2.24) is 14.4 Å². The lowest BCUT2D eigenvalue weighted by Gasteiger charge is -2.04. The Hall–Kier alpha value is -2.69. The maximum atomic E-state index is 12.3. The lowest BCUT2D eigenvalue weighted by atomic mass is 10.1. The van der Waals surface area contributed by atoms with E-state index in [0.29, 0.717) is 23.8 Å². The number of fused-ring (bicyclic) bond motifs is 1. The minimum atomic E-state index is -0.395. The van der Waals surface area contributed by atoms with Crippen LogP contribution in [0.4, 0.5) is 0 Å². The first-order valence-electron chi connectivity index (χ1n) is 6.78. The highest BCUT2D eigenvalue weighted by Gasteiger charge is 2.21. The molecule has 0 unspecified atom stereocenters. The fourth-order valence-corrected chi connectivity index (χ4v) is 2.19. The van der Waals surface area contributed by atoms with Crippen LogP contribution < -0.4 is 0 Å². The molecule has 0 aliphatic carbocycles. The van der Waals surface area contributed by atoms with Crippen LogP contribution in [0.1, 0.15) is 23.0 Å². The second kappa shape index (κ2) is 5.36. The summed E-state index contributed by atoms with van der Waals surface area (Å²) in [6.07, 6.45) is 3.41. The number of rotatable bonds is 3. The third-order valence-electron chi connectivity index (χ3n) is 3.20. The smallest absolute Gasteiger partial charge is 0.357 e. The van der Waals surface area contributed by atoms with Gasteiger partial charge in [-0.2, -0.15) is 0 Å². The second-order valence-corrected chi connectivity index (χ2v) is 4.69. The number of hydrogen-bond acceptors (Lipinski definition) is 4. The van der Waals surface area contributed by atoms with Crippen LogP contribution in [0.2, 0.25) is 0 Å². The summed E-state index contributed by atoms with van der Waals surface area (Å²) in [6.45, 7) is 4.12. The molecule has 106 valence electrons. The van der Waals surface area contributed by atoms with Gasteiger partial charge >= 0.3 is 5.97 Å². The van der Waals surface area contributed by atoms with Crippen LogP contribution in [0.25, 0.3) is 17.0 Å². The lowest BCUT2D eigenvalue weighted by molar-refractivity contribution is 0.0519. The summed E-state index contributed by atoms with van der Waals surface area (Å²) in [7, 11) is 0. The van der Waals surface area contributed by atoms with Gasteiger partial charge in [-0.3, -0.25) is 4.40 Å². The van der Waals surface area contributed by atoms with E-state index in [-0.39, 0.29) is 0 Å². The van der Waals surface area contributed by atoms with Gasteiger partial charge in [0.25, 0.3) is 0 Å². The van der Waals surface area contributed by atoms with Gasteiger partial charge in [-0.05, 0) is 19.9 Å². The molecule has 0 radical (unpaired) electrons. The van der Waals surface area contributed by atoms with Crippen LogP contribution in [0.15, 0.2) is 42.7 Å². The minimum absolute atomic E-state index is 0.319. The molecule has 2 aromatic heterocycles. The highest BCUT2D eigenvalue weighted by atomic mass is 16.5. The third kappa shape index (κ3) is 2.38. The van der Waals surface area contributed by atoms with E-state index in [1.54, 1.807) is 29.8 Å². The molecule has 2 heterocycles. The number of ether oxygens (including phenoxy) is 1. The number of imidazole rings is 1. The summed E-state index contributed by atoms with van der Waals surface area (Å²) in [4.78, 5) is 20.9. The zero-order valence-electron chi connectivity index (χ0n) is 11.9. The summed E-state index contributed by atoms with van der Waals surface area (Å²) in [5, 5.41) is 0. The summed E-state index contributed by atoms with van der Waals surface area (Å²) in [5.74, 6) is 0.0877. The van der Waals surface area contributed by atoms with Crippen LogP contribution in [-0.4, -0.2) is 26.9 Å². The molecular weight excluding hydrogens is 266 g/mol. The average molecular weight is 281 g/mol. The lowest BCUT2D eigenvalue weighted by Crippen LogP contribution is -2.09. The van der Waals surface area contributed by atoms with Crippen molar-refractivity contribution in [3.05, 3.63) is 54.0 Å². The Bertz CT molecular complexity index is 791. The van der Waals surface area contributed by atoms with Gasteiger partial charge in [-0.1, -0.05) is 29.8 Å². The average Bonchev–Trinajstić information content (AvgIpc) is 2.87. The Kier molecular flexibility index (Phi) is 3.39. The molecule has 0 saturated heterocycles. The van der Waals surface area contributed by atoms with Gasteiger partial charge in [-0.15, -0.1) is 0 Å². The maximum absolute atomic E-state index is 12.3. The van der Waals surface area contributed by atoms with Crippen molar-refractivity contribution < 1.29 is 9.53 Å². The molecule has 0 N–H and O–H groups in total. The Labute approximate surface area is 122 Å². The number of aryl methyl sites for hydroxylation is 1. The third-order valence-corrected chi connectivity index (χ3v) is 3.20. The minimum Gasteiger partial charge on any atom is -0.461 e. The van der Waals surface area contributed by atoms with Gasteiger partial charge in [0.2, 0.25) is 5.78 Å². The van der Waals surface area contributed by atoms with Gasteiger partial charge in [0.05, 0.1) is 6.61 Å². The Morgan fingerprint density at radius 1 is 1.29 bits per heavy atom. The zero-order chi connectivity index (χ0) is 14.8. The first kappa shape index (κ1) is 13.3. The molecule has 0 amide bonds. The Morgan fingerprint density at radius 2 is 2.05 bits per heavy atom. The van der Waals surface area contributed by atoms with Gasteiger partial charge in [0.15, 0.2) is 5.69 Å². The first-order chi connectivity index (χ1) is 10.2. The van der Waals surface area contributed by atoms with E-state index in [9.17, 15) is 4.79 Å². The van der Waals surface area contributed by atoms with Crippen molar-refractivity contribution in [3.63, 3.8) is 0 Å². The van der Waals surface area contributed by atoms with E-state index >= 15 is 0 Å². The molecule has 5 heteroatoms. The van der Waals surface area contributed by atoms with Crippen LogP contribution >= 0.6 is 0 Å². The molecular formula is C16H15N3O2. The molecule has 3 rings (SSSR count). The number of carbonyl (C=O) groups is 1. The standard InChI is InChI=1S/C16H15N3O2/c1-3-21-15(20)14-13(12-7-5-11(2)6-8-12)18-16-17-9-4-10-19(14)16/h4-10H,3H2,1-2H3. The molecule has 5 nitrogen and oxygen atoms in total. The van der Waals surface area contributed by atoms with E-state index in [4.69, 9.17) is 4.74 Å². The number of hydrogen-bond donors (Lipinski definition) is 0. The largest absolute Gasteiger partial charge is 0.461 e. The SMILES string of the molecule is CCOC(=O)c1c(-c2ccc(C)cc2)nc2ncccn12. The number of benzene rings is 1. The number of aromatic nitrogens is 3. The molecule has 1 aromatic carbocycles. The molecule has 0 aliphatic heterocycles. The maximum Gasteiger partial charge on any atom is 0.357 e. The van der Waals surface area contributed by atoms with Crippen molar-refractivity contribution in [1.29, 1.82) is 0 Å². The number of carbonyl (C=O) groups excluding carboxylic acids is 1. The van der Waals surface area contributed by atoms with Gasteiger partial charge in [0.1, 0.15) is 5.69 Å². The molecule has 0 bridgehead atoms. The van der Waals surface area contributed by atoms with Gasteiger partial charge in [-0.25, -0.2) is 14.8 Å². The van der Waals surface area contributed by atoms with Crippen LogP contribution in [0, 0.1) is 6.92 Å². The van der Waals surface area contributed by atoms with E-state index in [1.165, 1.54) is 0 Å². The van der Waals surface area contributed by atoms with Crippen molar-refractivity contribution in [2.24, 2.45) is 0 Å². The predicted octanol–water partition coefficient (Wildman–Crippen LogP) is 2.88. The van der Waals surface area contributed by atoms with E-state index < -0.39 is 5.97 Å². The van der Waals surface area contributed by atoms with Crippen molar-refractivity contribution in [2.45, 2.75) is 13.8 Å². The van der Waals surface area contributed by atoms with E-state index in [1.807, 2.05) is 31.2 Å².